The number of allylic oxidation sites excluding steroid dienone is 2. The Kier molecular flexibility index (Phi) is 7.09. The van der Waals surface area contributed by atoms with Crippen molar-refractivity contribution < 1.29 is 22.7 Å². The van der Waals surface area contributed by atoms with Crippen LogP contribution >= 0.6 is 0 Å². The number of amides is 1. The Labute approximate surface area is 217 Å². The van der Waals surface area contributed by atoms with Gasteiger partial charge >= 0.3 is 6.18 Å². The van der Waals surface area contributed by atoms with E-state index in [1.807, 2.05) is 18.2 Å². The van der Waals surface area contributed by atoms with E-state index in [0.717, 1.165) is 54.5 Å². The summed E-state index contributed by atoms with van der Waals surface area (Å²) in [6.45, 7) is 2.06. The molecule has 6 nitrogen and oxygen atoms in total. The number of hydrogen-bond donors (Lipinski definition) is 1. The zero-order chi connectivity index (χ0) is 26.7. The molecule has 3 heterocycles. The number of ether oxygens (including phenoxy) is 1. The van der Waals surface area contributed by atoms with Crippen LogP contribution in [0.15, 0.2) is 78.9 Å². The Hall–Kier alpha value is -4.27. The van der Waals surface area contributed by atoms with Crippen LogP contribution in [0.1, 0.15) is 54.1 Å². The van der Waals surface area contributed by atoms with Crippen molar-refractivity contribution in [1.29, 1.82) is 0 Å². The zero-order valence-corrected chi connectivity index (χ0v) is 20.6. The minimum absolute atomic E-state index is 0.0643. The van der Waals surface area contributed by atoms with E-state index in [2.05, 4.69) is 27.2 Å². The molecule has 4 aromatic rings. The normalized spacial score (nSPS) is 15.8. The molecule has 3 aromatic heterocycles. The minimum atomic E-state index is -4.46. The van der Waals surface area contributed by atoms with Crippen LogP contribution in [0, 0.1) is 0 Å². The summed E-state index contributed by atoms with van der Waals surface area (Å²) in [5, 5.41) is 4.06. The van der Waals surface area contributed by atoms with Crippen molar-refractivity contribution in [1.82, 2.24) is 20.3 Å². The van der Waals surface area contributed by atoms with Gasteiger partial charge in [0, 0.05) is 48.3 Å². The van der Waals surface area contributed by atoms with E-state index in [9.17, 15) is 18.0 Å². The third-order valence-corrected chi connectivity index (χ3v) is 6.76. The summed E-state index contributed by atoms with van der Waals surface area (Å²) in [5.41, 5.74) is 3.76. The predicted molar refractivity (Wildman–Crippen MR) is 138 cm³/mol. The van der Waals surface area contributed by atoms with Crippen LogP contribution in [-0.4, -0.2) is 26.9 Å². The summed E-state index contributed by atoms with van der Waals surface area (Å²) in [6.07, 6.45) is 4.47. The van der Waals surface area contributed by atoms with Gasteiger partial charge in [-0.3, -0.25) is 14.8 Å². The highest BCUT2D eigenvalue weighted by atomic mass is 19.4. The average Bonchev–Trinajstić information content (AvgIpc) is 2.93. The number of carbonyl (C=O) groups excluding carboxylic acids is 1. The van der Waals surface area contributed by atoms with Crippen LogP contribution in [0.4, 0.5) is 13.2 Å². The van der Waals surface area contributed by atoms with Gasteiger partial charge in [0.25, 0.3) is 5.91 Å². The first-order valence-corrected chi connectivity index (χ1v) is 12.3. The Morgan fingerprint density at radius 3 is 2.47 bits per heavy atom. The van der Waals surface area contributed by atoms with Gasteiger partial charge in [0.05, 0.1) is 16.6 Å². The number of nitrogens with one attached hydrogen (secondary N) is 1. The van der Waals surface area contributed by atoms with Crippen LogP contribution in [0.5, 0.6) is 11.6 Å². The van der Waals surface area contributed by atoms with Crippen molar-refractivity contribution in [2.75, 3.05) is 0 Å². The fraction of sp³-hybridized carbons (Fsp3) is 0.241. The number of alkyl halides is 3. The molecular formula is C29H25F3N4O2. The van der Waals surface area contributed by atoms with Crippen molar-refractivity contribution in [3.8, 4) is 11.6 Å². The highest BCUT2D eigenvalue weighted by Gasteiger charge is 2.30. The lowest BCUT2D eigenvalue weighted by atomic mass is 9.85. The fourth-order valence-electron chi connectivity index (χ4n) is 4.70. The lowest BCUT2D eigenvalue weighted by Gasteiger charge is -2.27. The van der Waals surface area contributed by atoms with E-state index in [0.29, 0.717) is 16.8 Å². The van der Waals surface area contributed by atoms with Gasteiger partial charge in [0.2, 0.25) is 5.88 Å². The fourth-order valence-corrected chi connectivity index (χ4v) is 4.70. The second-order valence-corrected chi connectivity index (χ2v) is 9.24. The summed E-state index contributed by atoms with van der Waals surface area (Å²) in [5.74, 6) is 0.385. The van der Waals surface area contributed by atoms with E-state index in [1.165, 1.54) is 11.6 Å². The average molecular weight is 519 g/mol. The molecule has 1 N–H and O–H groups in total. The first kappa shape index (κ1) is 25.4. The Balaban J connectivity index is 1.36. The van der Waals surface area contributed by atoms with Crippen molar-refractivity contribution in [3.63, 3.8) is 0 Å². The molecule has 0 saturated heterocycles. The lowest BCUT2D eigenvalue weighted by molar-refractivity contribution is -0.137. The molecule has 1 saturated carbocycles. The van der Waals surface area contributed by atoms with Crippen molar-refractivity contribution in [2.45, 2.75) is 44.8 Å². The molecule has 0 aliphatic heterocycles. The molecular weight excluding hydrogens is 493 g/mol. The summed E-state index contributed by atoms with van der Waals surface area (Å²) < 4.78 is 44.5. The molecule has 9 heteroatoms. The molecule has 1 amide bonds. The second kappa shape index (κ2) is 10.6. The molecule has 1 aliphatic carbocycles. The van der Waals surface area contributed by atoms with Crippen LogP contribution in [0.2, 0.25) is 0 Å². The van der Waals surface area contributed by atoms with Gasteiger partial charge in [-0.1, -0.05) is 11.6 Å². The first-order valence-electron chi connectivity index (χ1n) is 12.3. The van der Waals surface area contributed by atoms with Crippen LogP contribution < -0.4 is 10.1 Å². The van der Waals surface area contributed by atoms with Gasteiger partial charge in [-0.2, -0.15) is 13.2 Å². The molecule has 0 atom stereocenters. The minimum Gasteiger partial charge on any atom is -0.439 e. The van der Waals surface area contributed by atoms with Gasteiger partial charge in [0.1, 0.15) is 5.75 Å². The van der Waals surface area contributed by atoms with Crippen molar-refractivity contribution >= 4 is 22.4 Å². The molecule has 1 fully saturated rings. The molecule has 0 radical (unpaired) electrons. The van der Waals surface area contributed by atoms with Crippen molar-refractivity contribution in [3.05, 3.63) is 95.6 Å². The Bertz CT molecular complexity index is 1480. The highest BCUT2D eigenvalue weighted by Crippen LogP contribution is 2.37. The van der Waals surface area contributed by atoms with Crippen LogP contribution in [0.3, 0.4) is 0 Å². The van der Waals surface area contributed by atoms with Gasteiger partial charge in [-0.25, -0.2) is 4.98 Å². The maximum Gasteiger partial charge on any atom is 0.417 e. The van der Waals surface area contributed by atoms with Gasteiger partial charge in [-0.15, -0.1) is 0 Å². The number of pyridine rings is 3. The van der Waals surface area contributed by atoms with E-state index in [1.54, 1.807) is 36.8 Å². The van der Waals surface area contributed by atoms with E-state index in [-0.39, 0.29) is 17.8 Å². The maximum absolute atomic E-state index is 12.9. The number of benzene rings is 1. The van der Waals surface area contributed by atoms with Gasteiger partial charge < -0.3 is 10.1 Å². The molecule has 1 aliphatic rings. The quantitative estimate of drug-likeness (QED) is 0.308. The molecule has 0 bridgehead atoms. The summed E-state index contributed by atoms with van der Waals surface area (Å²) >= 11 is 0. The smallest absolute Gasteiger partial charge is 0.417 e. The molecule has 0 unspecified atom stereocenters. The second-order valence-electron chi connectivity index (χ2n) is 9.24. The van der Waals surface area contributed by atoms with E-state index in [4.69, 9.17) is 4.74 Å². The number of hydrogen-bond acceptors (Lipinski definition) is 5. The number of nitrogens with zero attached hydrogens (tertiary/aromatic N) is 3. The predicted octanol–water partition coefficient (Wildman–Crippen LogP) is 6.98. The number of halogens is 3. The summed E-state index contributed by atoms with van der Waals surface area (Å²) in [4.78, 5) is 24.8. The summed E-state index contributed by atoms with van der Waals surface area (Å²) in [7, 11) is 0. The molecule has 0 spiro atoms. The standard InChI is InChI=1S/C29H25F3N4O2/c1-18(19-6-9-22(10-7-19)36-28(37)20-4-2-12-33-16-20)25-14-23(15-26-24(25)5-3-13-34-26)38-27-11-8-21(17-35-27)29(30,31)32/h2-5,8,11-17,22H,6-7,9-10H2,1H3,(H,36,37). The SMILES string of the molecule is CC(=C1CCC(NC(=O)c2cccnc2)CC1)c1cc(Oc2ccc(C(F)(F)F)cn2)cc2ncccc12. The van der Waals surface area contributed by atoms with Crippen LogP contribution in [0.25, 0.3) is 16.5 Å². The zero-order valence-electron chi connectivity index (χ0n) is 20.6. The van der Waals surface area contributed by atoms with Crippen LogP contribution in [-0.2, 0) is 6.18 Å². The Morgan fingerprint density at radius 1 is 1.00 bits per heavy atom. The number of fused-ring (bicyclic) bond motifs is 1. The van der Waals surface area contributed by atoms with Gasteiger partial charge in [0.15, 0.2) is 0 Å². The summed E-state index contributed by atoms with van der Waals surface area (Å²) in [6, 6.07) is 13.2. The van der Waals surface area contributed by atoms with Crippen molar-refractivity contribution in [2.24, 2.45) is 0 Å². The maximum atomic E-state index is 12.9. The molecule has 38 heavy (non-hydrogen) atoms. The largest absolute Gasteiger partial charge is 0.439 e. The number of rotatable bonds is 5. The highest BCUT2D eigenvalue weighted by molar-refractivity contribution is 5.94. The Morgan fingerprint density at radius 2 is 1.79 bits per heavy atom. The first-order chi connectivity index (χ1) is 18.3. The number of aromatic nitrogens is 3. The van der Waals surface area contributed by atoms with E-state index < -0.39 is 11.7 Å². The third-order valence-electron chi connectivity index (χ3n) is 6.76. The van der Waals surface area contributed by atoms with E-state index >= 15 is 0 Å². The molecule has 194 valence electrons. The lowest BCUT2D eigenvalue weighted by Crippen LogP contribution is -2.36. The number of carbonyl (C=O) groups is 1. The monoisotopic (exact) mass is 518 g/mol. The molecule has 5 rings (SSSR count). The third kappa shape index (κ3) is 5.66. The topological polar surface area (TPSA) is 77.0 Å². The van der Waals surface area contributed by atoms with Gasteiger partial charge in [-0.05, 0) is 74.1 Å². The molecule has 1 aromatic carbocycles.